The Morgan fingerprint density at radius 2 is 1.93 bits per heavy atom. The standard InChI is InChI=1S/C22H23N5O/c1-14-18(15(2)27(3)26-14)12-21(28)25-22(16-7-5-4-6-8-16)17-9-10-19-20(11-17)24-13-23-19/h4-11,13,22H,12H2,1-3H3,(H,23,24)(H,25,28). The minimum absolute atomic E-state index is 0.0299. The third kappa shape index (κ3) is 3.41. The number of nitrogens with one attached hydrogen (secondary N) is 2. The van der Waals surface area contributed by atoms with Crippen LogP contribution in [0.5, 0.6) is 0 Å². The molecule has 2 aromatic heterocycles. The molecular weight excluding hydrogens is 350 g/mol. The zero-order valence-corrected chi connectivity index (χ0v) is 16.2. The topological polar surface area (TPSA) is 75.6 Å². The lowest BCUT2D eigenvalue weighted by molar-refractivity contribution is -0.121. The second kappa shape index (κ2) is 7.31. The van der Waals surface area contributed by atoms with E-state index in [2.05, 4.69) is 20.4 Å². The summed E-state index contributed by atoms with van der Waals surface area (Å²) in [7, 11) is 1.90. The Kier molecular flexibility index (Phi) is 4.69. The number of aromatic nitrogens is 4. The Bertz CT molecular complexity index is 1130. The highest BCUT2D eigenvalue weighted by Crippen LogP contribution is 2.25. The molecule has 0 spiro atoms. The van der Waals surface area contributed by atoms with Gasteiger partial charge in [0.05, 0.1) is 35.5 Å². The van der Waals surface area contributed by atoms with E-state index in [4.69, 9.17) is 0 Å². The highest BCUT2D eigenvalue weighted by atomic mass is 16.1. The number of H-pyrrole nitrogens is 1. The Morgan fingerprint density at radius 1 is 1.14 bits per heavy atom. The molecule has 0 aliphatic heterocycles. The predicted molar refractivity (Wildman–Crippen MR) is 109 cm³/mol. The largest absolute Gasteiger partial charge is 0.345 e. The molecule has 0 fully saturated rings. The Labute approximate surface area is 163 Å². The van der Waals surface area contributed by atoms with Crippen LogP contribution in [0.15, 0.2) is 54.9 Å². The van der Waals surface area contributed by atoms with Gasteiger partial charge in [-0.15, -0.1) is 0 Å². The lowest BCUT2D eigenvalue weighted by atomic mass is 9.97. The fourth-order valence-corrected chi connectivity index (χ4v) is 3.58. The zero-order valence-electron chi connectivity index (χ0n) is 16.2. The van der Waals surface area contributed by atoms with Crippen LogP contribution in [-0.4, -0.2) is 25.7 Å². The molecule has 0 saturated heterocycles. The monoisotopic (exact) mass is 373 g/mol. The molecule has 0 saturated carbocycles. The van der Waals surface area contributed by atoms with Crippen molar-refractivity contribution in [3.8, 4) is 0 Å². The maximum Gasteiger partial charge on any atom is 0.225 e. The van der Waals surface area contributed by atoms with Gasteiger partial charge in [0.15, 0.2) is 0 Å². The molecule has 2 aromatic carbocycles. The minimum atomic E-state index is -0.237. The number of carbonyl (C=O) groups is 1. The number of benzene rings is 2. The molecule has 142 valence electrons. The lowest BCUT2D eigenvalue weighted by Crippen LogP contribution is -2.30. The third-order valence-electron chi connectivity index (χ3n) is 5.21. The normalized spacial score (nSPS) is 12.2. The van der Waals surface area contributed by atoms with Gasteiger partial charge >= 0.3 is 0 Å². The molecule has 1 atom stereocenters. The van der Waals surface area contributed by atoms with Crippen molar-refractivity contribution < 1.29 is 4.79 Å². The third-order valence-corrected chi connectivity index (χ3v) is 5.21. The van der Waals surface area contributed by atoms with Crippen molar-refractivity contribution in [3.05, 3.63) is 82.9 Å². The van der Waals surface area contributed by atoms with Crippen LogP contribution in [0.3, 0.4) is 0 Å². The predicted octanol–water partition coefficient (Wildman–Crippen LogP) is 3.36. The van der Waals surface area contributed by atoms with Crippen LogP contribution in [-0.2, 0) is 18.3 Å². The van der Waals surface area contributed by atoms with Gasteiger partial charge in [0, 0.05) is 18.3 Å². The summed E-state index contributed by atoms with van der Waals surface area (Å²) in [5, 5.41) is 7.62. The molecule has 0 bridgehead atoms. The van der Waals surface area contributed by atoms with Crippen LogP contribution in [0.2, 0.25) is 0 Å². The van der Waals surface area contributed by atoms with E-state index in [0.717, 1.165) is 39.1 Å². The van der Waals surface area contributed by atoms with Gasteiger partial charge in [-0.3, -0.25) is 9.48 Å². The molecule has 6 heteroatoms. The summed E-state index contributed by atoms with van der Waals surface area (Å²) in [5.74, 6) is -0.0299. The molecule has 0 aliphatic carbocycles. The van der Waals surface area contributed by atoms with Crippen molar-refractivity contribution in [3.63, 3.8) is 0 Å². The van der Waals surface area contributed by atoms with E-state index in [1.165, 1.54) is 0 Å². The maximum atomic E-state index is 12.9. The Balaban J connectivity index is 1.65. The van der Waals surface area contributed by atoms with E-state index in [1.54, 1.807) is 6.33 Å². The molecule has 0 aliphatic rings. The molecule has 2 N–H and O–H groups in total. The van der Waals surface area contributed by atoms with Crippen LogP contribution in [0.1, 0.15) is 34.1 Å². The van der Waals surface area contributed by atoms with E-state index < -0.39 is 0 Å². The highest BCUT2D eigenvalue weighted by Gasteiger charge is 2.20. The van der Waals surface area contributed by atoms with Gasteiger partial charge in [-0.25, -0.2) is 4.98 Å². The van der Waals surface area contributed by atoms with E-state index >= 15 is 0 Å². The quantitative estimate of drug-likeness (QED) is 0.563. The fraction of sp³-hybridized carbons (Fsp3) is 0.227. The summed E-state index contributed by atoms with van der Waals surface area (Å²) in [5.41, 5.74) is 6.80. The maximum absolute atomic E-state index is 12.9. The number of aromatic amines is 1. The zero-order chi connectivity index (χ0) is 19.7. The van der Waals surface area contributed by atoms with Gasteiger partial charge in [0.2, 0.25) is 5.91 Å². The van der Waals surface area contributed by atoms with Gasteiger partial charge in [0.1, 0.15) is 0 Å². The summed E-state index contributed by atoms with van der Waals surface area (Å²) < 4.78 is 1.82. The number of imidazole rings is 1. The second-order valence-corrected chi connectivity index (χ2v) is 7.04. The fourth-order valence-electron chi connectivity index (χ4n) is 3.58. The minimum Gasteiger partial charge on any atom is -0.345 e. The van der Waals surface area contributed by atoms with Gasteiger partial charge in [-0.1, -0.05) is 36.4 Å². The Hall–Kier alpha value is -3.41. The van der Waals surface area contributed by atoms with Crippen molar-refractivity contribution in [1.29, 1.82) is 0 Å². The molecule has 1 unspecified atom stereocenters. The Morgan fingerprint density at radius 3 is 2.64 bits per heavy atom. The molecule has 2 heterocycles. The number of amides is 1. The van der Waals surface area contributed by atoms with Gasteiger partial charge < -0.3 is 10.3 Å². The molecule has 4 aromatic rings. The number of carbonyl (C=O) groups excluding carboxylic acids is 1. The van der Waals surface area contributed by atoms with E-state index in [0.29, 0.717) is 6.42 Å². The van der Waals surface area contributed by atoms with E-state index in [-0.39, 0.29) is 11.9 Å². The summed E-state index contributed by atoms with van der Waals surface area (Å²) in [4.78, 5) is 20.3. The smallest absolute Gasteiger partial charge is 0.225 e. The van der Waals surface area contributed by atoms with Crippen molar-refractivity contribution in [2.45, 2.75) is 26.3 Å². The molecular formula is C22H23N5O. The van der Waals surface area contributed by atoms with Crippen LogP contribution < -0.4 is 5.32 Å². The summed E-state index contributed by atoms with van der Waals surface area (Å²) in [6.07, 6.45) is 1.99. The first-order chi connectivity index (χ1) is 13.5. The van der Waals surface area contributed by atoms with Crippen LogP contribution >= 0.6 is 0 Å². The number of aryl methyl sites for hydroxylation is 2. The molecule has 0 radical (unpaired) electrons. The first kappa shape index (κ1) is 18.0. The van der Waals surface area contributed by atoms with Crippen LogP contribution in [0, 0.1) is 13.8 Å². The SMILES string of the molecule is Cc1nn(C)c(C)c1CC(=O)NC(c1ccccc1)c1ccc2nc[nH]c2c1. The molecule has 28 heavy (non-hydrogen) atoms. The highest BCUT2D eigenvalue weighted by molar-refractivity contribution is 5.81. The number of hydrogen-bond donors (Lipinski definition) is 2. The van der Waals surface area contributed by atoms with Crippen LogP contribution in [0.25, 0.3) is 11.0 Å². The number of rotatable bonds is 5. The van der Waals surface area contributed by atoms with Gasteiger partial charge in [0.25, 0.3) is 0 Å². The lowest BCUT2D eigenvalue weighted by Gasteiger charge is -2.20. The average molecular weight is 373 g/mol. The molecule has 4 rings (SSSR count). The van der Waals surface area contributed by atoms with Crippen LogP contribution in [0.4, 0.5) is 0 Å². The molecule has 6 nitrogen and oxygen atoms in total. The summed E-state index contributed by atoms with van der Waals surface area (Å²) >= 11 is 0. The average Bonchev–Trinajstić information content (AvgIpc) is 3.26. The number of fused-ring (bicyclic) bond motifs is 1. The van der Waals surface area contributed by atoms with E-state index in [9.17, 15) is 4.79 Å². The van der Waals surface area contributed by atoms with Gasteiger partial charge in [-0.05, 0) is 37.1 Å². The van der Waals surface area contributed by atoms with Crippen molar-refractivity contribution in [1.82, 2.24) is 25.1 Å². The number of hydrogen-bond acceptors (Lipinski definition) is 3. The van der Waals surface area contributed by atoms with E-state index in [1.807, 2.05) is 74.1 Å². The first-order valence-corrected chi connectivity index (χ1v) is 9.29. The molecule has 1 amide bonds. The van der Waals surface area contributed by atoms with Crippen molar-refractivity contribution >= 4 is 16.9 Å². The van der Waals surface area contributed by atoms with Crippen molar-refractivity contribution in [2.24, 2.45) is 7.05 Å². The second-order valence-electron chi connectivity index (χ2n) is 7.04. The number of nitrogens with zero attached hydrogens (tertiary/aromatic N) is 3. The van der Waals surface area contributed by atoms with Crippen molar-refractivity contribution in [2.75, 3.05) is 0 Å². The summed E-state index contributed by atoms with van der Waals surface area (Å²) in [6.45, 7) is 3.93. The van der Waals surface area contributed by atoms with Gasteiger partial charge in [-0.2, -0.15) is 5.10 Å². The summed E-state index contributed by atoms with van der Waals surface area (Å²) in [6, 6.07) is 15.8. The first-order valence-electron chi connectivity index (χ1n) is 9.29.